The van der Waals surface area contributed by atoms with Crippen LogP contribution in [0.3, 0.4) is 0 Å². The normalized spacial score (nSPS) is 11.7. The Balaban J connectivity index is 3.09. The Hall–Kier alpha value is -0.980. The van der Waals surface area contributed by atoms with Gasteiger partial charge in [0.15, 0.2) is 0 Å². The number of aromatic nitrogens is 1. The van der Waals surface area contributed by atoms with Crippen LogP contribution in [0, 0.1) is 0 Å². The molecule has 14 heavy (non-hydrogen) atoms. The van der Waals surface area contributed by atoms with Gasteiger partial charge in [0.1, 0.15) is 4.60 Å². The third-order valence-corrected chi connectivity index (χ3v) is 1.91. The molecule has 0 aliphatic carbocycles. The number of alkyl halides is 3. The number of hydrogen-bond acceptors (Lipinski definition) is 3. The summed E-state index contributed by atoms with van der Waals surface area (Å²) in [5.41, 5.74) is 10.4. The lowest BCUT2D eigenvalue weighted by Crippen LogP contribution is -2.15. The number of hydrogen-bond donors (Lipinski definition) is 2. The van der Waals surface area contributed by atoms with Crippen LogP contribution in [0.2, 0.25) is 0 Å². The van der Waals surface area contributed by atoms with Crippen LogP contribution in [0.1, 0.15) is 5.69 Å². The molecule has 1 aromatic rings. The minimum absolute atomic E-state index is 0.0890. The molecule has 0 aliphatic heterocycles. The Kier molecular flexibility index (Phi) is 2.89. The predicted molar refractivity (Wildman–Crippen MR) is 50.5 cm³/mol. The largest absolute Gasteiger partial charge is 0.397 e. The molecule has 0 radical (unpaired) electrons. The lowest BCUT2D eigenvalue weighted by molar-refractivity contribution is -0.127. The van der Waals surface area contributed by atoms with Gasteiger partial charge in [-0.1, -0.05) is 0 Å². The summed E-state index contributed by atoms with van der Waals surface area (Å²) in [4.78, 5) is 3.61. The van der Waals surface area contributed by atoms with Gasteiger partial charge in [-0.3, -0.25) is 0 Å². The van der Waals surface area contributed by atoms with Gasteiger partial charge in [0.05, 0.1) is 23.5 Å². The van der Waals surface area contributed by atoms with Gasteiger partial charge in [0, 0.05) is 0 Å². The van der Waals surface area contributed by atoms with E-state index < -0.39 is 12.6 Å². The van der Waals surface area contributed by atoms with E-state index in [0.29, 0.717) is 0 Å². The number of rotatable bonds is 1. The molecule has 0 saturated carbocycles. The SMILES string of the molecule is Nc1cc(Br)nc(CC(F)(F)F)c1N. The molecule has 0 aliphatic rings. The van der Waals surface area contributed by atoms with Gasteiger partial charge in [-0.2, -0.15) is 13.2 Å². The second-order valence-corrected chi connectivity index (χ2v) is 3.50. The third kappa shape index (κ3) is 2.76. The first kappa shape index (κ1) is 11.1. The van der Waals surface area contributed by atoms with Crippen molar-refractivity contribution in [3.8, 4) is 0 Å². The molecule has 78 valence electrons. The van der Waals surface area contributed by atoms with Crippen molar-refractivity contribution >= 4 is 27.3 Å². The van der Waals surface area contributed by atoms with Gasteiger partial charge < -0.3 is 11.5 Å². The van der Waals surface area contributed by atoms with Crippen LogP contribution in [-0.2, 0) is 6.42 Å². The van der Waals surface area contributed by atoms with Gasteiger partial charge in [-0.25, -0.2) is 4.98 Å². The molecule has 0 fully saturated rings. The second-order valence-electron chi connectivity index (χ2n) is 2.69. The van der Waals surface area contributed by atoms with Crippen LogP contribution >= 0.6 is 15.9 Å². The maximum Gasteiger partial charge on any atom is 0.394 e. The predicted octanol–water partition coefficient (Wildman–Crippen LogP) is 2.11. The molecule has 0 atom stereocenters. The number of nitrogens with zero attached hydrogens (tertiary/aromatic N) is 1. The molecule has 7 heteroatoms. The van der Waals surface area contributed by atoms with E-state index in [9.17, 15) is 13.2 Å². The third-order valence-electron chi connectivity index (χ3n) is 1.51. The van der Waals surface area contributed by atoms with Crippen LogP contribution in [0.4, 0.5) is 24.5 Å². The van der Waals surface area contributed by atoms with Crippen molar-refractivity contribution in [3.63, 3.8) is 0 Å². The molecular formula is C7H7BrF3N3. The number of nitrogen functional groups attached to an aromatic ring is 2. The topological polar surface area (TPSA) is 64.9 Å². The Labute approximate surface area is 86.4 Å². The van der Waals surface area contributed by atoms with Crippen molar-refractivity contribution < 1.29 is 13.2 Å². The van der Waals surface area contributed by atoms with Crippen LogP contribution in [0.5, 0.6) is 0 Å². The molecule has 3 nitrogen and oxygen atoms in total. The zero-order chi connectivity index (χ0) is 10.9. The zero-order valence-electron chi connectivity index (χ0n) is 6.90. The lowest BCUT2D eigenvalue weighted by Gasteiger charge is -2.10. The van der Waals surface area contributed by atoms with Crippen LogP contribution in [0.25, 0.3) is 0 Å². The highest BCUT2D eigenvalue weighted by Gasteiger charge is 2.30. The number of anilines is 2. The lowest BCUT2D eigenvalue weighted by atomic mass is 10.2. The standard InChI is InChI=1S/C7H7BrF3N3/c8-5-1-3(12)6(13)4(14-5)2-7(9,10)11/h1H,2,13H2,(H2,12,14). The van der Waals surface area contributed by atoms with E-state index in [4.69, 9.17) is 11.5 Å². The zero-order valence-corrected chi connectivity index (χ0v) is 8.48. The van der Waals surface area contributed by atoms with Crippen molar-refractivity contribution in [2.75, 3.05) is 11.5 Å². The monoisotopic (exact) mass is 269 g/mol. The molecular weight excluding hydrogens is 263 g/mol. The van der Waals surface area contributed by atoms with Gasteiger partial charge in [-0.15, -0.1) is 0 Å². The first-order valence-corrected chi connectivity index (χ1v) is 4.36. The highest BCUT2D eigenvalue weighted by atomic mass is 79.9. The maximum absolute atomic E-state index is 12.0. The summed E-state index contributed by atoms with van der Waals surface area (Å²) in [7, 11) is 0. The van der Waals surface area contributed by atoms with E-state index >= 15 is 0 Å². The average Bonchev–Trinajstić information content (AvgIpc) is 1.96. The molecule has 1 rings (SSSR count). The van der Waals surface area contributed by atoms with E-state index in [2.05, 4.69) is 20.9 Å². The number of pyridine rings is 1. The van der Waals surface area contributed by atoms with Gasteiger partial charge in [0.2, 0.25) is 0 Å². The fourth-order valence-corrected chi connectivity index (χ4v) is 1.38. The Morgan fingerprint density at radius 3 is 2.43 bits per heavy atom. The minimum Gasteiger partial charge on any atom is -0.397 e. The molecule has 0 saturated heterocycles. The fraction of sp³-hybridized carbons (Fsp3) is 0.286. The first-order valence-electron chi connectivity index (χ1n) is 3.56. The summed E-state index contributed by atoms with van der Waals surface area (Å²) in [5, 5.41) is 0. The second kappa shape index (κ2) is 3.64. The Bertz CT molecular complexity index is 351. The number of nitrogens with two attached hydrogens (primary N) is 2. The van der Waals surface area contributed by atoms with Gasteiger partial charge in [-0.05, 0) is 22.0 Å². The molecule has 0 bridgehead atoms. The highest BCUT2D eigenvalue weighted by Crippen LogP contribution is 2.28. The maximum atomic E-state index is 12.0. The Morgan fingerprint density at radius 1 is 1.36 bits per heavy atom. The van der Waals surface area contributed by atoms with Crippen LogP contribution in [0.15, 0.2) is 10.7 Å². The van der Waals surface area contributed by atoms with E-state index in [0.717, 1.165) is 0 Å². The molecule has 0 spiro atoms. The minimum atomic E-state index is -4.34. The van der Waals surface area contributed by atoms with E-state index in [1.54, 1.807) is 0 Å². The quantitative estimate of drug-likeness (QED) is 0.768. The highest BCUT2D eigenvalue weighted by molar-refractivity contribution is 9.10. The molecule has 4 N–H and O–H groups in total. The van der Waals surface area contributed by atoms with Gasteiger partial charge in [0.25, 0.3) is 0 Å². The van der Waals surface area contributed by atoms with Crippen LogP contribution < -0.4 is 11.5 Å². The summed E-state index contributed by atoms with van der Waals surface area (Å²) >= 11 is 2.94. The summed E-state index contributed by atoms with van der Waals surface area (Å²) in [5.74, 6) is 0. The first-order chi connectivity index (χ1) is 6.29. The summed E-state index contributed by atoms with van der Waals surface area (Å²) in [6, 6.07) is 1.36. The fourth-order valence-electron chi connectivity index (χ4n) is 0.919. The van der Waals surface area contributed by atoms with Gasteiger partial charge >= 0.3 is 6.18 Å². The van der Waals surface area contributed by atoms with Crippen LogP contribution in [-0.4, -0.2) is 11.2 Å². The average molecular weight is 270 g/mol. The smallest absolute Gasteiger partial charge is 0.394 e. The molecule has 1 aromatic heterocycles. The van der Waals surface area contributed by atoms with Crippen molar-refractivity contribution in [1.29, 1.82) is 0 Å². The van der Waals surface area contributed by atoms with Crippen molar-refractivity contribution in [1.82, 2.24) is 4.98 Å². The summed E-state index contributed by atoms with van der Waals surface area (Å²) in [6.45, 7) is 0. The molecule has 1 heterocycles. The molecule has 0 aromatic carbocycles. The van der Waals surface area contributed by atoms with E-state index in [1.165, 1.54) is 6.07 Å². The molecule has 0 unspecified atom stereocenters. The Morgan fingerprint density at radius 2 is 1.93 bits per heavy atom. The van der Waals surface area contributed by atoms with Crippen molar-refractivity contribution in [2.24, 2.45) is 0 Å². The van der Waals surface area contributed by atoms with E-state index in [1.807, 2.05) is 0 Å². The van der Waals surface area contributed by atoms with Crippen molar-refractivity contribution in [3.05, 3.63) is 16.4 Å². The number of halogens is 4. The summed E-state index contributed by atoms with van der Waals surface area (Å²) in [6.07, 6.45) is -5.52. The van der Waals surface area contributed by atoms with Crippen molar-refractivity contribution in [2.45, 2.75) is 12.6 Å². The van der Waals surface area contributed by atoms with E-state index in [-0.39, 0.29) is 21.7 Å². The molecule has 0 amide bonds. The summed E-state index contributed by atoms with van der Waals surface area (Å²) < 4.78 is 36.3.